The summed E-state index contributed by atoms with van der Waals surface area (Å²) in [5.41, 5.74) is -1.19. The summed E-state index contributed by atoms with van der Waals surface area (Å²) in [5, 5.41) is 6.34. The molecule has 1 saturated heterocycles. The van der Waals surface area contributed by atoms with Crippen LogP contribution in [0.1, 0.15) is 102 Å². The Kier molecular flexibility index (Phi) is 15.8. The monoisotopic (exact) mass is 704 g/mol. The number of hydrogen-bond acceptors (Lipinski definition) is 7. The number of carbonyl (C=O) groups is 4. The second kappa shape index (κ2) is 19.3. The van der Waals surface area contributed by atoms with E-state index in [-0.39, 0.29) is 29.7 Å². The number of aromatic nitrogens is 1. The predicted molar refractivity (Wildman–Crippen MR) is 192 cm³/mol. The molecule has 0 spiro atoms. The van der Waals surface area contributed by atoms with E-state index in [2.05, 4.69) is 15.5 Å². The Morgan fingerprint density at radius 3 is 2.32 bits per heavy atom. The molecule has 12 heteroatoms. The van der Waals surface area contributed by atoms with Gasteiger partial charge in [-0.05, 0) is 96.1 Å². The highest BCUT2D eigenvalue weighted by atomic mass is 19.1. The van der Waals surface area contributed by atoms with Crippen LogP contribution in [0.4, 0.5) is 19.3 Å². The fraction of sp³-hybridized carbons (Fsp3) is 0.684. The third-order valence-electron chi connectivity index (χ3n) is 10.0. The molecule has 3 atom stereocenters. The smallest absolute Gasteiger partial charge is 0.407 e. The van der Waals surface area contributed by atoms with Crippen LogP contribution in [0, 0.1) is 17.8 Å². The lowest BCUT2D eigenvalue weighted by molar-refractivity contribution is -0.121. The van der Waals surface area contributed by atoms with Gasteiger partial charge >= 0.3 is 6.09 Å². The topological polar surface area (TPSA) is 119 Å². The van der Waals surface area contributed by atoms with E-state index in [0.29, 0.717) is 41.3 Å². The standard InChI is InChI=1S/C25H33F2N3O3.C13H25NO3/c1-29-11-10-21(17-6-4-3-5-7-17)23(29)24(32)28-19-8-9-22-18(12-19)13-20(14-31)30(22)25(15-26,16-27)33-2;1-5-11(10-15)8-6-7-9-14-12(16)17-13(2,3)4/h8-9,12-14,17,21,23H,3-7,10-11,15-16H2,1-2H3,(H,28,32);10-11H,5-9H2,1-4H3,(H,14,16). The van der Waals surface area contributed by atoms with Gasteiger partial charge in [0.05, 0.1) is 17.3 Å². The van der Waals surface area contributed by atoms with Crippen molar-refractivity contribution in [1.29, 1.82) is 0 Å². The van der Waals surface area contributed by atoms with Gasteiger partial charge in [-0.25, -0.2) is 13.6 Å². The minimum Gasteiger partial charge on any atom is -0.444 e. The van der Waals surface area contributed by atoms with E-state index in [1.165, 1.54) is 43.8 Å². The highest BCUT2D eigenvalue weighted by Crippen LogP contribution is 2.39. The molecule has 2 aliphatic rings. The Hall–Kier alpha value is -3.38. The van der Waals surface area contributed by atoms with Gasteiger partial charge in [-0.1, -0.05) is 45.4 Å². The first-order chi connectivity index (χ1) is 23.9. The molecule has 1 aromatic carbocycles. The number of methoxy groups -OCH3 is 1. The van der Waals surface area contributed by atoms with E-state index >= 15 is 0 Å². The lowest BCUT2D eigenvalue weighted by atomic mass is 9.76. The molecule has 4 rings (SSSR count). The number of likely N-dealkylation sites (N-methyl/N-ethyl adjacent to an activating group) is 1. The predicted octanol–water partition coefficient (Wildman–Crippen LogP) is 7.44. The maximum Gasteiger partial charge on any atom is 0.407 e. The van der Waals surface area contributed by atoms with Gasteiger partial charge in [0.1, 0.15) is 25.2 Å². The van der Waals surface area contributed by atoms with Crippen molar-refractivity contribution in [2.24, 2.45) is 17.8 Å². The molecule has 50 heavy (non-hydrogen) atoms. The van der Waals surface area contributed by atoms with E-state index < -0.39 is 24.7 Å². The molecule has 1 saturated carbocycles. The highest BCUT2D eigenvalue weighted by Gasteiger charge is 2.42. The van der Waals surface area contributed by atoms with Crippen LogP contribution in [-0.2, 0) is 24.8 Å². The number of fused-ring (bicyclic) bond motifs is 1. The first kappa shape index (κ1) is 41.0. The molecule has 1 aliphatic carbocycles. The fourth-order valence-corrected chi connectivity index (χ4v) is 7.26. The normalized spacial score (nSPS) is 19.4. The van der Waals surface area contributed by atoms with Gasteiger partial charge in [0.25, 0.3) is 0 Å². The lowest BCUT2D eigenvalue weighted by Crippen LogP contribution is -2.43. The fourth-order valence-electron chi connectivity index (χ4n) is 7.26. The first-order valence-electron chi connectivity index (χ1n) is 18.1. The van der Waals surface area contributed by atoms with Crippen LogP contribution in [0.2, 0.25) is 0 Å². The van der Waals surface area contributed by atoms with E-state index in [0.717, 1.165) is 44.9 Å². The molecule has 2 heterocycles. The van der Waals surface area contributed by atoms with Gasteiger partial charge in [0, 0.05) is 30.6 Å². The maximum absolute atomic E-state index is 13.8. The summed E-state index contributed by atoms with van der Waals surface area (Å²) in [7, 11) is 3.22. The summed E-state index contributed by atoms with van der Waals surface area (Å²) >= 11 is 0. The largest absolute Gasteiger partial charge is 0.444 e. The van der Waals surface area contributed by atoms with Crippen molar-refractivity contribution in [3.05, 3.63) is 30.0 Å². The number of amides is 2. The molecule has 2 aromatic rings. The SMILES string of the molecule is CCC(C=O)CCCCNC(=O)OC(C)(C)C.COC(CF)(CF)n1c(C=O)cc2cc(NC(=O)C3C(C4CCCCC4)CCN3C)ccc21. The number of benzene rings is 1. The van der Waals surface area contributed by atoms with E-state index in [4.69, 9.17) is 9.47 Å². The zero-order valence-corrected chi connectivity index (χ0v) is 30.8. The number of carbonyl (C=O) groups excluding carboxylic acids is 4. The summed E-state index contributed by atoms with van der Waals surface area (Å²) in [5.74, 6) is 1.09. The number of alkyl carbamates (subject to hydrolysis) is 1. The zero-order valence-electron chi connectivity index (χ0n) is 30.8. The van der Waals surface area contributed by atoms with Crippen LogP contribution in [-0.4, -0.2) is 86.3 Å². The number of ether oxygens (including phenoxy) is 2. The average Bonchev–Trinajstić information content (AvgIpc) is 3.68. The molecule has 0 radical (unpaired) electrons. The number of rotatable bonds is 15. The molecular formula is C38H58F2N4O6. The van der Waals surface area contributed by atoms with E-state index in [9.17, 15) is 28.0 Å². The second-order valence-electron chi connectivity index (χ2n) is 14.7. The zero-order chi connectivity index (χ0) is 36.9. The van der Waals surface area contributed by atoms with Crippen molar-refractivity contribution in [3.8, 4) is 0 Å². The maximum atomic E-state index is 13.8. The number of nitrogens with zero attached hydrogens (tertiary/aromatic N) is 2. The molecule has 0 bridgehead atoms. The molecule has 2 fully saturated rings. The number of aldehydes is 2. The van der Waals surface area contributed by atoms with Crippen LogP contribution >= 0.6 is 0 Å². The molecule has 2 N–H and O–H groups in total. The molecule has 280 valence electrons. The Morgan fingerprint density at radius 2 is 1.74 bits per heavy atom. The number of nitrogens with one attached hydrogen (secondary N) is 2. The Morgan fingerprint density at radius 1 is 1.04 bits per heavy atom. The third-order valence-corrected chi connectivity index (χ3v) is 10.0. The summed E-state index contributed by atoms with van der Waals surface area (Å²) in [4.78, 5) is 49.0. The quantitative estimate of drug-likeness (QED) is 0.146. The lowest BCUT2D eigenvalue weighted by Gasteiger charge is -2.32. The number of halogens is 2. The summed E-state index contributed by atoms with van der Waals surface area (Å²) in [6.07, 6.45) is 12.0. The summed E-state index contributed by atoms with van der Waals surface area (Å²) in [6, 6.07) is 6.49. The Bertz CT molecular complexity index is 1390. The van der Waals surface area contributed by atoms with Crippen LogP contribution in [0.15, 0.2) is 24.3 Å². The number of likely N-dealkylation sites (tertiary alicyclic amines) is 1. The molecule has 1 aliphatic heterocycles. The highest BCUT2D eigenvalue weighted by molar-refractivity contribution is 5.98. The second-order valence-corrected chi connectivity index (χ2v) is 14.7. The van der Waals surface area contributed by atoms with E-state index in [1.54, 1.807) is 24.3 Å². The van der Waals surface area contributed by atoms with Crippen molar-refractivity contribution in [3.63, 3.8) is 0 Å². The van der Waals surface area contributed by atoms with Gasteiger partial charge < -0.3 is 29.5 Å². The van der Waals surface area contributed by atoms with Gasteiger partial charge in [-0.3, -0.25) is 14.5 Å². The number of anilines is 1. The van der Waals surface area contributed by atoms with Gasteiger partial charge in [-0.15, -0.1) is 0 Å². The van der Waals surface area contributed by atoms with Gasteiger partial charge in [-0.2, -0.15) is 0 Å². The number of hydrogen-bond donors (Lipinski definition) is 2. The minimum atomic E-state index is -1.90. The molecule has 1 aromatic heterocycles. The van der Waals surface area contributed by atoms with Gasteiger partial charge in [0.15, 0.2) is 6.29 Å². The van der Waals surface area contributed by atoms with Gasteiger partial charge in [0.2, 0.25) is 11.6 Å². The summed E-state index contributed by atoms with van der Waals surface area (Å²) < 4.78 is 39.1. The number of alkyl halides is 2. The van der Waals surface area contributed by atoms with Crippen molar-refractivity contribution >= 4 is 41.2 Å². The van der Waals surface area contributed by atoms with E-state index in [1.807, 2.05) is 34.7 Å². The molecule has 3 unspecified atom stereocenters. The van der Waals surface area contributed by atoms with Crippen LogP contribution in [0.25, 0.3) is 10.9 Å². The minimum absolute atomic E-state index is 0.0290. The van der Waals surface area contributed by atoms with Crippen molar-refractivity contribution < 1.29 is 37.4 Å². The van der Waals surface area contributed by atoms with Crippen LogP contribution < -0.4 is 10.6 Å². The third kappa shape index (κ3) is 10.8. The number of unbranched alkanes of at least 4 members (excludes halogenated alkanes) is 1. The van der Waals surface area contributed by atoms with Crippen molar-refractivity contribution in [2.45, 2.75) is 109 Å². The summed E-state index contributed by atoms with van der Waals surface area (Å²) in [6.45, 7) is 6.78. The molecule has 2 amide bonds. The first-order valence-corrected chi connectivity index (χ1v) is 18.1. The molecular weight excluding hydrogens is 646 g/mol. The Balaban J connectivity index is 0.000000338. The van der Waals surface area contributed by atoms with Crippen LogP contribution in [0.5, 0.6) is 0 Å². The average molecular weight is 705 g/mol. The Labute approximate surface area is 296 Å². The molecule has 10 nitrogen and oxygen atoms in total. The van der Waals surface area contributed by atoms with Crippen molar-refractivity contribution in [1.82, 2.24) is 14.8 Å². The van der Waals surface area contributed by atoms with Crippen LogP contribution in [0.3, 0.4) is 0 Å². The van der Waals surface area contributed by atoms with Crippen molar-refractivity contribution in [2.75, 3.05) is 45.9 Å².